The molecule has 0 radical (unpaired) electrons. The highest BCUT2D eigenvalue weighted by Gasteiger charge is 2.32. The highest BCUT2D eigenvalue weighted by molar-refractivity contribution is 6.34. The van der Waals surface area contributed by atoms with E-state index in [9.17, 15) is 0 Å². The molecule has 6 heteroatoms. The van der Waals surface area contributed by atoms with Crippen molar-refractivity contribution in [3.63, 3.8) is 0 Å². The van der Waals surface area contributed by atoms with Crippen LogP contribution in [0.3, 0.4) is 0 Å². The fourth-order valence-electron chi connectivity index (χ4n) is 3.76. The molecule has 2 aliphatic rings. The zero-order valence-electron chi connectivity index (χ0n) is 12.6. The molecular weight excluding hydrogens is 362 g/mol. The molecular formula is C16H24Cl4N2. The number of benzene rings is 1. The molecule has 1 saturated carbocycles. The molecule has 3 rings (SSSR count). The van der Waals surface area contributed by atoms with Crippen LogP contribution < -0.4 is 5.32 Å². The van der Waals surface area contributed by atoms with Gasteiger partial charge in [-0.1, -0.05) is 36.0 Å². The summed E-state index contributed by atoms with van der Waals surface area (Å²) >= 11 is 12.4. The summed E-state index contributed by atoms with van der Waals surface area (Å²) in [6, 6.07) is 6.53. The molecule has 2 fully saturated rings. The van der Waals surface area contributed by atoms with Gasteiger partial charge in [0.1, 0.15) is 0 Å². The van der Waals surface area contributed by atoms with Crippen LogP contribution in [-0.4, -0.2) is 31.1 Å². The fraction of sp³-hybridized carbons (Fsp3) is 0.625. The third kappa shape index (κ3) is 4.90. The Labute approximate surface area is 155 Å². The maximum absolute atomic E-state index is 6.22. The summed E-state index contributed by atoms with van der Waals surface area (Å²) in [5, 5.41) is 4.95. The van der Waals surface area contributed by atoms with Gasteiger partial charge in [0.2, 0.25) is 0 Å². The zero-order chi connectivity index (χ0) is 13.9. The molecule has 1 aromatic rings. The van der Waals surface area contributed by atoms with E-state index < -0.39 is 0 Å². The van der Waals surface area contributed by atoms with Crippen molar-refractivity contribution in [2.45, 2.75) is 31.7 Å². The fourth-order valence-corrected chi connectivity index (χ4v) is 4.30. The second kappa shape index (κ2) is 9.56. The molecule has 0 spiro atoms. The van der Waals surface area contributed by atoms with E-state index in [-0.39, 0.29) is 24.8 Å². The van der Waals surface area contributed by atoms with Crippen molar-refractivity contribution < 1.29 is 0 Å². The second-order valence-electron chi connectivity index (χ2n) is 5.98. The Hall–Kier alpha value is 0.300. The van der Waals surface area contributed by atoms with Crippen LogP contribution in [0.15, 0.2) is 18.2 Å². The van der Waals surface area contributed by atoms with Crippen molar-refractivity contribution in [1.29, 1.82) is 0 Å². The number of halogens is 4. The predicted octanol–water partition coefficient (Wildman–Crippen LogP) is 4.97. The van der Waals surface area contributed by atoms with Gasteiger partial charge in [-0.25, -0.2) is 0 Å². The van der Waals surface area contributed by atoms with Crippen molar-refractivity contribution in [1.82, 2.24) is 10.2 Å². The molecule has 1 aliphatic carbocycles. The van der Waals surface area contributed by atoms with Crippen molar-refractivity contribution in [2.24, 2.45) is 5.92 Å². The van der Waals surface area contributed by atoms with E-state index in [0.717, 1.165) is 42.1 Å². The molecule has 0 aromatic heterocycles. The second-order valence-corrected chi connectivity index (χ2v) is 6.85. The average Bonchev–Trinajstić information content (AvgIpc) is 2.93. The van der Waals surface area contributed by atoms with E-state index in [0.29, 0.717) is 6.04 Å². The molecule has 0 bridgehead atoms. The summed E-state index contributed by atoms with van der Waals surface area (Å²) in [7, 11) is 0. The zero-order valence-corrected chi connectivity index (χ0v) is 15.7. The normalized spacial score (nSPS) is 21.0. The van der Waals surface area contributed by atoms with Gasteiger partial charge in [-0.15, -0.1) is 24.8 Å². The molecule has 0 unspecified atom stereocenters. The Balaban J connectivity index is 0.00000121. The lowest BCUT2D eigenvalue weighted by Gasteiger charge is -2.38. The molecule has 1 N–H and O–H groups in total. The van der Waals surface area contributed by atoms with Gasteiger partial charge in [-0.2, -0.15) is 0 Å². The minimum absolute atomic E-state index is 0. The summed E-state index contributed by atoms with van der Waals surface area (Å²) in [5.74, 6) is 0.752. The van der Waals surface area contributed by atoms with Gasteiger partial charge in [0.15, 0.2) is 0 Å². The number of rotatable bonds is 3. The van der Waals surface area contributed by atoms with Gasteiger partial charge in [0.05, 0.1) is 0 Å². The highest BCUT2D eigenvalue weighted by atomic mass is 35.5. The molecule has 1 saturated heterocycles. The quantitative estimate of drug-likeness (QED) is 0.789. The molecule has 1 heterocycles. The average molecular weight is 386 g/mol. The van der Waals surface area contributed by atoms with Gasteiger partial charge in [0, 0.05) is 42.3 Å². The summed E-state index contributed by atoms with van der Waals surface area (Å²) in [6.45, 7) is 4.39. The molecule has 22 heavy (non-hydrogen) atoms. The molecule has 126 valence electrons. The lowest BCUT2D eigenvalue weighted by atomic mass is 9.90. The monoisotopic (exact) mass is 384 g/mol. The minimum atomic E-state index is 0. The number of hydrogen-bond donors (Lipinski definition) is 1. The first kappa shape index (κ1) is 20.3. The van der Waals surface area contributed by atoms with Crippen molar-refractivity contribution in [2.75, 3.05) is 26.2 Å². The predicted molar refractivity (Wildman–Crippen MR) is 100 cm³/mol. The van der Waals surface area contributed by atoms with Crippen LogP contribution in [0.5, 0.6) is 0 Å². The third-order valence-electron chi connectivity index (χ3n) is 4.62. The van der Waals surface area contributed by atoms with Crippen LogP contribution >= 0.6 is 48.0 Å². The van der Waals surface area contributed by atoms with Gasteiger partial charge in [-0.3, -0.25) is 4.90 Å². The van der Waals surface area contributed by atoms with Gasteiger partial charge >= 0.3 is 0 Å². The Morgan fingerprint density at radius 1 is 0.955 bits per heavy atom. The number of nitrogens with zero attached hydrogens (tertiary/aromatic N) is 1. The van der Waals surface area contributed by atoms with E-state index in [4.69, 9.17) is 23.2 Å². The Kier molecular flexibility index (Phi) is 8.84. The standard InChI is InChI=1S/C16H22Cl2N2.2ClH/c17-14-9-13(10-15(18)11-14)16(12-3-1-2-4-12)20-7-5-19-6-8-20;;/h9-12,16,19H,1-8H2;2*1H/t16-;;/m0../s1. The Morgan fingerprint density at radius 2 is 1.50 bits per heavy atom. The minimum Gasteiger partial charge on any atom is -0.314 e. The molecule has 2 nitrogen and oxygen atoms in total. The van der Waals surface area contributed by atoms with Crippen LogP contribution in [0.2, 0.25) is 10.0 Å². The van der Waals surface area contributed by atoms with Gasteiger partial charge in [-0.05, 0) is 42.5 Å². The van der Waals surface area contributed by atoms with E-state index >= 15 is 0 Å². The summed E-state index contributed by atoms with van der Waals surface area (Å²) < 4.78 is 0. The SMILES string of the molecule is Cl.Cl.Clc1cc(Cl)cc([C@H](C2CCCC2)N2CCNCC2)c1. The number of piperazine rings is 1. The maximum Gasteiger partial charge on any atom is 0.0424 e. The molecule has 1 aromatic carbocycles. The van der Waals surface area contributed by atoms with Crippen LogP contribution in [0, 0.1) is 5.92 Å². The van der Waals surface area contributed by atoms with Crippen molar-refractivity contribution >= 4 is 48.0 Å². The lowest BCUT2D eigenvalue weighted by molar-refractivity contribution is 0.125. The van der Waals surface area contributed by atoms with Crippen molar-refractivity contribution in [3.8, 4) is 0 Å². The van der Waals surface area contributed by atoms with E-state index in [2.05, 4.69) is 22.3 Å². The summed E-state index contributed by atoms with van der Waals surface area (Å²) in [5.41, 5.74) is 1.30. The highest BCUT2D eigenvalue weighted by Crippen LogP contribution is 2.40. The first-order valence-electron chi connectivity index (χ1n) is 7.65. The molecule has 1 atom stereocenters. The van der Waals surface area contributed by atoms with Gasteiger partial charge < -0.3 is 5.32 Å². The van der Waals surface area contributed by atoms with Crippen molar-refractivity contribution in [3.05, 3.63) is 33.8 Å². The van der Waals surface area contributed by atoms with Crippen LogP contribution in [-0.2, 0) is 0 Å². The van der Waals surface area contributed by atoms with E-state index in [1.165, 1.54) is 31.2 Å². The largest absolute Gasteiger partial charge is 0.314 e. The summed E-state index contributed by atoms with van der Waals surface area (Å²) in [6.07, 6.45) is 5.39. The number of hydrogen-bond acceptors (Lipinski definition) is 2. The van der Waals surface area contributed by atoms with Crippen LogP contribution in [0.25, 0.3) is 0 Å². The lowest BCUT2D eigenvalue weighted by Crippen LogP contribution is -2.46. The number of nitrogens with one attached hydrogen (secondary N) is 1. The van der Waals surface area contributed by atoms with E-state index in [1.807, 2.05) is 6.07 Å². The van der Waals surface area contributed by atoms with Crippen LogP contribution in [0.1, 0.15) is 37.3 Å². The smallest absolute Gasteiger partial charge is 0.0424 e. The maximum atomic E-state index is 6.22. The summed E-state index contributed by atoms with van der Waals surface area (Å²) in [4.78, 5) is 2.62. The van der Waals surface area contributed by atoms with E-state index in [1.54, 1.807) is 0 Å². The Morgan fingerprint density at radius 3 is 2.05 bits per heavy atom. The van der Waals surface area contributed by atoms with Crippen LogP contribution in [0.4, 0.5) is 0 Å². The molecule has 1 aliphatic heterocycles. The third-order valence-corrected chi connectivity index (χ3v) is 5.05. The first-order chi connectivity index (χ1) is 9.74. The van der Waals surface area contributed by atoms with Gasteiger partial charge in [0.25, 0.3) is 0 Å². The first-order valence-corrected chi connectivity index (χ1v) is 8.40. The Bertz CT molecular complexity index is 437. The topological polar surface area (TPSA) is 15.3 Å². The molecule has 0 amide bonds.